The summed E-state index contributed by atoms with van der Waals surface area (Å²) in [7, 11) is 0. The average Bonchev–Trinajstić information content (AvgIpc) is 2.55. The molecule has 4 heteroatoms. The van der Waals surface area contributed by atoms with Crippen molar-refractivity contribution >= 4 is 5.91 Å². The van der Waals surface area contributed by atoms with Crippen molar-refractivity contribution in [2.24, 2.45) is 0 Å². The average molecular weight is 181 g/mol. The molecule has 1 fully saturated rings. The summed E-state index contributed by atoms with van der Waals surface area (Å²) in [6.45, 7) is 2.76. The fourth-order valence-corrected chi connectivity index (χ4v) is 1.44. The van der Waals surface area contributed by atoms with Crippen molar-refractivity contribution in [1.82, 2.24) is 10.6 Å². The zero-order valence-electron chi connectivity index (χ0n) is 7.84. The van der Waals surface area contributed by atoms with Crippen LogP contribution in [0, 0.1) is 11.3 Å². The fourth-order valence-electron chi connectivity index (χ4n) is 1.44. The van der Waals surface area contributed by atoms with E-state index in [-0.39, 0.29) is 18.0 Å². The Labute approximate surface area is 78.3 Å². The molecule has 0 aromatic heterocycles. The van der Waals surface area contributed by atoms with Crippen molar-refractivity contribution in [2.45, 2.75) is 38.3 Å². The number of nitrogens with one attached hydrogen (secondary N) is 2. The van der Waals surface area contributed by atoms with E-state index in [2.05, 4.69) is 10.6 Å². The molecule has 1 saturated heterocycles. The second kappa shape index (κ2) is 4.83. The van der Waals surface area contributed by atoms with E-state index in [1.165, 1.54) is 0 Å². The molecular weight excluding hydrogens is 166 g/mol. The summed E-state index contributed by atoms with van der Waals surface area (Å²) in [5.41, 5.74) is 0. The minimum absolute atomic E-state index is 0.0280. The number of hydrogen-bond acceptors (Lipinski definition) is 3. The maximum Gasteiger partial charge on any atom is 0.237 e. The van der Waals surface area contributed by atoms with Gasteiger partial charge in [0.25, 0.3) is 0 Å². The Morgan fingerprint density at radius 2 is 2.62 bits per heavy atom. The predicted octanol–water partition coefficient (Wildman–Crippen LogP) is 0.157. The third-order valence-corrected chi connectivity index (χ3v) is 2.16. The summed E-state index contributed by atoms with van der Waals surface area (Å²) >= 11 is 0. The summed E-state index contributed by atoms with van der Waals surface area (Å²) in [5.74, 6) is 0.0280. The normalized spacial score (nSPS) is 23.5. The molecule has 0 spiro atoms. The van der Waals surface area contributed by atoms with Crippen LogP contribution in [0.15, 0.2) is 0 Å². The van der Waals surface area contributed by atoms with E-state index >= 15 is 0 Å². The molecule has 2 atom stereocenters. The molecule has 1 aliphatic heterocycles. The second-order valence-corrected chi connectivity index (χ2v) is 3.42. The van der Waals surface area contributed by atoms with Gasteiger partial charge in [-0.2, -0.15) is 5.26 Å². The lowest BCUT2D eigenvalue weighted by atomic mass is 10.2. The van der Waals surface area contributed by atoms with Crippen molar-refractivity contribution in [1.29, 1.82) is 5.26 Å². The zero-order chi connectivity index (χ0) is 9.68. The van der Waals surface area contributed by atoms with Crippen LogP contribution in [-0.4, -0.2) is 24.5 Å². The van der Waals surface area contributed by atoms with Crippen LogP contribution >= 0.6 is 0 Å². The highest BCUT2D eigenvalue weighted by atomic mass is 16.2. The standard InChI is InChI=1S/C9H15N3O/c1-7(4-5-10)12-9(13)8-3-2-6-11-8/h7-8,11H,2-4,6H2,1H3,(H,12,13)/t7?,8-/m0/s1. The summed E-state index contributed by atoms with van der Waals surface area (Å²) in [6, 6.07) is 1.95. The Kier molecular flexibility index (Phi) is 3.71. The highest BCUT2D eigenvalue weighted by Gasteiger charge is 2.22. The van der Waals surface area contributed by atoms with Gasteiger partial charge in [0.05, 0.1) is 18.5 Å². The first-order valence-electron chi connectivity index (χ1n) is 4.64. The summed E-state index contributed by atoms with van der Waals surface area (Å²) in [5, 5.41) is 14.3. The van der Waals surface area contributed by atoms with E-state index in [0.717, 1.165) is 19.4 Å². The van der Waals surface area contributed by atoms with Gasteiger partial charge < -0.3 is 10.6 Å². The fraction of sp³-hybridized carbons (Fsp3) is 0.778. The minimum Gasteiger partial charge on any atom is -0.351 e. The van der Waals surface area contributed by atoms with Crippen LogP contribution in [0.3, 0.4) is 0 Å². The first-order chi connectivity index (χ1) is 6.24. The number of amides is 1. The van der Waals surface area contributed by atoms with Gasteiger partial charge in [0.1, 0.15) is 0 Å². The third-order valence-electron chi connectivity index (χ3n) is 2.16. The number of carbonyl (C=O) groups is 1. The Hall–Kier alpha value is -1.08. The topological polar surface area (TPSA) is 64.9 Å². The Balaban J connectivity index is 2.28. The lowest BCUT2D eigenvalue weighted by Gasteiger charge is -2.14. The van der Waals surface area contributed by atoms with Crippen molar-refractivity contribution in [2.75, 3.05) is 6.54 Å². The molecule has 0 saturated carbocycles. The van der Waals surface area contributed by atoms with Crippen molar-refractivity contribution in [3.05, 3.63) is 0 Å². The van der Waals surface area contributed by atoms with E-state index in [9.17, 15) is 4.79 Å². The van der Waals surface area contributed by atoms with Crippen LogP contribution in [0.1, 0.15) is 26.2 Å². The van der Waals surface area contributed by atoms with Gasteiger partial charge in [-0.15, -0.1) is 0 Å². The molecule has 1 unspecified atom stereocenters. The smallest absolute Gasteiger partial charge is 0.237 e. The maximum absolute atomic E-state index is 11.4. The van der Waals surface area contributed by atoms with Crippen LogP contribution in [0.4, 0.5) is 0 Å². The van der Waals surface area contributed by atoms with Crippen LogP contribution < -0.4 is 10.6 Å². The highest BCUT2D eigenvalue weighted by Crippen LogP contribution is 2.05. The van der Waals surface area contributed by atoms with Gasteiger partial charge in [-0.3, -0.25) is 4.79 Å². The molecule has 13 heavy (non-hydrogen) atoms. The summed E-state index contributed by atoms with van der Waals surface area (Å²) in [6.07, 6.45) is 2.34. The van der Waals surface area contributed by atoms with Gasteiger partial charge in [-0.05, 0) is 26.3 Å². The third kappa shape index (κ3) is 3.03. The molecule has 1 aliphatic rings. The molecule has 0 aromatic carbocycles. The molecule has 72 valence electrons. The first kappa shape index (κ1) is 10.0. The quantitative estimate of drug-likeness (QED) is 0.651. The van der Waals surface area contributed by atoms with Crippen molar-refractivity contribution < 1.29 is 4.79 Å². The van der Waals surface area contributed by atoms with Gasteiger partial charge in [-0.25, -0.2) is 0 Å². The van der Waals surface area contributed by atoms with Gasteiger partial charge in [0.15, 0.2) is 0 Å². The number of nitriles is 1. The molecule has 1 amide bonds. The maximum atomic E-state index is 11.4. The van der Waals surface area contributed by atoms with E-state index < -0.39 is 0 Å². The van der Waals surface area contributed by atoms with Crippen molar-refractivity contribution in [3.8, 4) is 6.07 Å². The molecular formula is C9H15N3O. The van der Waals surface area contributed by atoms with Crippen LogP contribution in [0.2, 0.25) is 0 Å². The summed E-state index contributed by atoms with van der Waals surface area (Å²) < 4.78 is 0. The van der Waals surface area contributed by atoms with Gasteiger partial charge in [0, 0.05) is 6.04 Å². The minimum atomic E-state index is -0.0418. The van der Waals surface area contributed by atoms with E-state index in [0.29, 0.717) is 6.42 Å². The number of hydrogen-bond donors (Lipinski definition) is 2. The zero-order valence-corrected chi connectivity index (χ0v) is 7.84. The molecule has 0 radical (unpaired) electrons. The second-order valence-electron chi connectivity index (χ2n) is 3.42. The van der Waals surface area contributed by atoms with E-state index in [4.69, 9.17) is 5.26 Å². The van der Waals surface area contributed by atoms with E-state index in [1.54, 1.807) is 0 Å². The molecule has 2 N–H and O–H groups in total. The Morgan fingerprint density at radius 1 is 1.85 bits per heavy atom. The molecule has 1 heterocycles. The van der Waals surface area contributed by atoms with Gasteiger partial charge in [-0.1, -0.05) is 0 Å². The molecule has 4 nitrogen and oxygen atoms in total. The lowest BCUT2D eigenvalue weighted by molar-refractivity contribution is -0.123. The molecule has 1 rings (SSSR count). The monoisotopic (exact) mass is 181 g/mol. The molecule has 0 aromatic rings. The van der Waals surface area contributed by atoms with Crippen molar-refractivity contribution in [3.63, 3.8) is 0 Å². The lowest BCUT2D eigenvalue weighted by Crippen LogP contribution is -2.44. The highest BCUT2D eigenvalue weighted by molar-refractivity contribution is 5.82. The SMILES string of the molecule is CC(CC#N)NC(=O)[C@@H]1CCCN1. The molecule has 0 aliphatic carbocycles. The van der Waals surface area contributed by atoms with Crippen LogP contribution in [0.5, 0.6) is 0 Å². The number of rotatable bonds is 3. The van der Waals surface area contributed by atoms with Gasteiger partial charge >= 0.3 is 0 Å². The summed E-state index contributed by atoms with van der Waals surface area (Å²) in [4.78, 5) is 11.4. The number of nitrogens with zero attached hydrogens (tertiary/aromatic N) is 1. The first-order valence-corrected chi connectivity index (χ1v) is 4.64. The van der Waals surface area contributed by atoms with E-state index in [1.807, 2.05) is 13.0 Å². The van der Waals surface area contributed by atoms with Crippen LogP contribution in [-0.2, 0) is 4.79 Å². The largest absolute Gasteiger partial charge is 0.351 e. The van der Waals surface area contributed by atoms with Crippen LogP contribution in [0.25, 0.3) is 0 Å². The Bertz CT molecular complexity index is 215. The van der Waals surface area contributed by atoms with Gasteiger partial charge in [0.2, 0.25) is 5.91 Å². The Morgan fingerprint density at radius 3 is 3.15 bits per heavy atom. The molecule has 0 bridgehead atoms. The number of carbonyl (C=O) groups excluding carboxylic acids is 1. The predicted molar refractivity (Wildman–Crippen MR) is 48.9 cm³/mol.